The fraction of sp³-hybridized carbons (Fsp3) is 0.444. The maximum Gasteiger partial charge on any atom is 0.273 e. The molecule has 0 saturated heterocycles. The van der Waals surface area contributed by atoms with E-state index in [1.54, 1.807) is 0 Å². The fourth-order valence-electron chi connectivity index (χ4n) is 1.16. The Labute approximate surface area is 68.1 Å². The van der Waals surface area contributed by atoms with E-state index in [4.69, 9.17) is 0 Å². The van der Waals surface area contributed by atoms with Crippen LogP contribution < -0.4 is 0 Å². The molecule has 0 aromatic carbocycles. The Balaban J connectivity index is 3.04. The lowest BCUT2D eigenvalue weighted by Crippen LogP contribution is -2.32. The summed E-state index contributed by atoms with van der Waals surface area (Å²) in [7, 11) is 4.02. The molecule has 0 unspecified atom stereocenters. The highest BCUT2D eigenvalue weighted by atomic mass is 15.3. The van der Waals surface area contributed by atoms with Crippen LogP contribution in [0.15, 0.2) is 24.7 Å². The molecule has 0 N–H and O–H groups in total. The van der Waals surface area contributed by atoms with Crippen LogP contribution in [-0.4, -0.2) is 29.3 Å². The smallest absolute Gasteiger partial charge is 0.238 e. The van der Waals surface area contributed by atoms with E-state index in [0.717, 1.165) is 17.9 Å². The monoisotopic (exact) mass is 151 g/mol. The zero-order valence-corrected chi connectivity index (χ0v) is 7.52. The average Bonchev–Trinajstić information content (AvgIpc) is 1.97. The summed E-state index contributed by atoms with van der Waals surface area (Å²) in [5, 5.41) is 0. The van der Waals surface area contributed by atoms with Crippen LogP contribution in [0.3, 0.4) is 0 Å². The second-order valence-corrected chi connectivity index (χ2v) is 3.01. The van der Waals surface area contributed by atoms with Crippen molar-refractivity contribution in [3.05, 3.63) is 24.7 Å². The van der Waals surface area contributed by atoms with E-state index in [1.807, 2.05) is 19.0 Å². The van der Waals surface area contributed by atoms with Gasteiger partial charge in [0.2, 0.25) is 0 Å². The first-order chi connectivity index (χ1) is 5.04. The van der Waals surface area contributed by atoms with E-state index >= 15 is 0 Å². The van der Waals surface area contributed by atoms with Crippen LogP contribution in [0, 0.1) is 0 Å². The van der Waals surface area contributed by atoms with Crippen molar-refractivity contribution in [2.24, 2.45) is 0 Å². The average molecular weight is 151 g/mol. The van der Waals surface area contributed by atoms with Gasteiger partial charge in [-0.3, -0.25) is 0 Å². The third-order valence-electron chi connectivity index (χ3n) is 2.28. The lowest BCUT2D eigenvalue weighted by Gasteiger charge is -2.22. The molecule has 2 heteroatoms. The third kappa shape index (κ3) is 1.20. The summed E-state index contributed by atoms with van der Waals surface area (Å²) in [5.41, 5.74) is 2.42. The molecule has 0 aromatic rings. The molecule has 1 aliphatic heterocycles. The largest absolute Gasteiger partial charge is 0.273 e. The van der Waals surface area contributed by atoms with Crippen LogP contribution in [-0.2, 0) is 0 Å². The van der Waals surface area contributed by atoms with Crippen molar-refractivity contribution >= 4 is 5.71 Å². The minimum absolute atomic E-state index is 0.950. The van der Waals surface area contributed by atoms with Gasteiger partial charge in [0.25, 0.3) is 5.82 Å². The minimum atomic E-state index is 0.950. The van der Waals surface area contributed by atoms with E-state index in [0.29, 0.717) is 0 Å². The van der Waals surface area contributed by atoms with Gasteiger partial charge in [-0.05, 0) is 13.5 Å². The summed E-state index contributed by atoms with van der Waals surface area (Å²) in [6.45, 7) is 10.00. The molecule has 2 nitrogen and oxygen atoms in total. The maximum atomic E-state index is 3.95. The molecule has 0 aromatic heterocycles. The van der Waals surface area contributed by atoms with Gasteiger partial charge in [-0.1, -0.05) is 6.58 Å². The van der Waals surface area contributed by atoms with E-state index in [1.165, 1.54) is 5.71 Å². The lowest BCUT2D eigenvalue weighted by molar-refractivity contribution is -0.466. The SMILES string of the molecule is C=C1CC(C)=[N+](C)C(=C)N1C. The Morgan fingerprint density at radius 1 is 1.45 bits per heavy atom. The molecule has 1 aliphatic rings. The quantitative estimate of drug-likeness (QED) is 0.474. The summed E-state index contributed by atoms with van der Waals surface area (Å²) in [6, 6.07) is 0. The van der Waals surface area contributed by atoms with Gasteiger partial charge in [0, 0.05) is 0 Å². The highest BCUT2D eigenvalue weighted by molar-refractivity contribution is 5.80. The van der Waals surface area contributed by atoms with Crippen LogP contribution >= 0.6 is 0 Å². The molecule has 1 rings (SSSR count). The normalized spacial score (nSPS) is 19.7. The van der Waals surface area contributed by atoms with Crippen molar-refractivity contribution in [3.8, 4) is 0 Å². The third-order valence-corrected chi connectivity index (χ3v) is 2.28. The van der Waals surface area contributed by atoms with Gasteiger partial charge in [-0.2, -0.15) is 0 Å². The number of hydrogen-bond acceptors (Lipinski definition) is 1. The molecular formula is C9H15N2+. The molecule has 60 valence electrons. The van der Waals surface area contributed by atoms with Gasteiger partial charge in [-0.25, -0.2) is 9.48 Å². The Hall–Kier alpha value is -1.05. The second kappa shape index (κ2) is 2.53. The van der Waals surface area contributed by atoms with Gasteiger partial charge in [-0.15, -0.1) is 0 Å². The predicted octanol–water partition coefficient (Wildman–Crippen LogP) is 1.41. The van der Waals surface area contributed by atoms with Gasteiger partial charge < -0.3 is 0 Å². The Morgan fingerprint density at radius 3 is 2.55 bits per heavy atom. The number of allylic oxidation sites excluding steroid dienone is 1. The van der Waals surface area contributed by atoms with Gasteiger partial charge >= 0.3 is 0 Å². The van der Waals surface area contributed by atoms with E-state index in [9.17, 15) is 0 Å². The molecule has 0 aliphatic carbocycles. The summed E-state index contributed by atoms with van der Waals surface area (Å²) in [5.74, 6) is 0.999. The second-order valence-electron chi connectivity index (χ2n) is 3.01. The molecule has 0 fully saturated rings. The topological polar surface area (TPSA) is 6.25 Å². The Kier molecular flexibility index (Phi) is 1.85. The Bertz CT molecular complexity index is 248. The number of rotatable bonds is 0. The van der Waals surface area contributed by atoms with E-state index in [-0.39, 0.29) is 0 Å². The lowest BCUT2D eigenvalue weighted by atomic mass is 10.2. The molecule has 1 heterocycles. The summed E-state index contributed by atoms with van der Waals surface area (Å²) < 4.78 is 2.09. The number of hydrogen-bond donors (Lipinski definition) is 0. The van der Waals surface area contributed by atoms with Crippen LogP contribution in [0.1, 0.15) is 13.3 Å². The molecule has 0 bridgehead atoms. The van der Waals surface area contributed by atoms with Gasteiger partial charge in [0.05, 0.1) is 26.2 Å². The first kappa shape index (κ1) is 8.05. The molecule has 0 amide bonds. The molecule has 0 atom stereocenters. The molecule has 0 radical (unpaired) electrons. The highest BCUT2D eigenvalue weighted by Crippen LogP contribution is 2.17. The van der Waals surface area contributed by atoms with Crippen molar-refractivity contribution in [2.45, 2.75) is 13.3 Å². The van der Waals surface area contributed by atoms with E-state index in [2.05, 4.69) is 24.7 Å². The molecule has 0 spiro atoms. The first-order valence-corrected chi connectivity index (χ1v) is 3.70. The first-order valence-electron chi connectivity index (χ1n) is 3.70. The van der Waals surface area contributed by atoms with Crippen molar-refractivity contribution in [1.82, 2.24) is 4.90 Å². The summed E-state index contributed by atoms with van der Waals surface area (Å²) in [6.07, 6.45) is 0.950. The summed E-state index contributed by atoms with van der Waals surface area (Å²) >= 11 is 0. The zero-order valence-electron chi connectivity index (χ0n) is 7.52. The fourth-order valence-corrected chi connectivity index (χ4v) is 1.16. The maximum absolute atomic E-state index is 3.95. The highest BCUT2D eigenvalue weighted by Gasteiger charge is 2.24. The summed E-state index contributed by atoms with van der Waals surface area (Å²) in [4.78, 5) is 2.02. The van der Waals surface area contributed by atoms with Gasteiger partial charge in [0.1, 0.15) is 5.70 Å². The molecular weight excluding hydrogens is 136 g/mol. The van der Waals surface area contributed by atoms with Crippen LogP contribution in [0.25, 0.3) is 0 Å². The van der Waals surface area contributed by atoms with Crippen LogP contribution in [0.5, 0.6) is 0 Å². The van der Waals surface area contributed by atoms with Crippen molar-refractivity contribution < 1.29 is 4.58 Å². The molecule has 11 heavy (non-hydrogen) atoms. The van der Waals surface area contributed by atoms with Crippen molar-refractivity contribution in [3.63, 3.8) is 0 Å². The van der Waals surface area contributed by atoms with Crippen molar-refractivity contribution in [1.29, 1.82) is 0 Å². The zero-order chi connectivity index (χ0) is 8.59. The van der Waals surface area contributed by atoms with Crippen LogP contribution in [0.2, 0.25) is 0 Å². The van der Waals surface area contributed by atoms with Crippen molar-refractivity contribution in [2.75, 3.05) is 14.1 Å². The minimum Gasteiger partial charge on any atom is -0.238 e. The van der Waals surface area contributed by atoms with Gasteiger partial charge in [0.15, 0.2) is 0 Å². The number of nitrogens with zero attached hydrogens (tertiary/aromatic N) is 2. The standard InChI is InChI=1S/C9H15N2/c1-7-6-8(2)11(5)9(3)10(7)4/h1,3,6H2,2,4-5H3/q+1. The van der Waals surface area contributed by atoms with Crippen LogP contribution in [0.4, 0.5) is 0 Å². The predicted molar refractivity (Wildman–Crippen MR) is 47.5 cm³/mol. The molecule has 0 saturated carbocycles. The van der Waals surface area contributed by atoms with E-state index < -0.39 is 0 Å². The Morgan fingerprint density at radius 2 is 2.00 bits per heavy atom.